The number of hydrogen-bond donors (Lipinski definition) is 2. The first-order chi connectivity index (χ1) is 15.4. The third kappa shape index (κ3) is 4.88. The van der Waals surface area contributed by atoms with E-state index in [0.717, 1.165) is 42.5 Å². The third-order valence-corrected chi connectivity index (χ3v) is 6.23. The van der Waals surface area contributed by atoms with Gasteiger partial charge in [0, 0.05) is 44.0 Å². The average Bonchev–Trinajstić information content (AvgIpc) is 3.29. The maximum absolute atomic E-state index is 12.0. The molecule has 3 aromatic rings. The van der Waals surface area contributed by atoms with Crippen molar-refractivity contribution in [3.63, 3.8) is 0 Å². The van der Waals surface area contributed by atoms with Gasteiger partial charge in [0.05, 0.1) is 5.69 Å². The van der Waals surface area contributed by atoms with Gasteiger partial charge in [-0.1, -0.05) is 24.3 Å². The Bertz CT molecular complexity index is 1080. The summed E-state index contributed by atoms with van der Waals surface area (Å²) in [5.74, 6) is 0.598. The van der Waals surface area contributed by atoms with Crippen LogP contribution in [-0.4, -0.2) is 50.9 Å². The first kappa shape index (κ1) is 21.7. The molecule has 4 rings (SSSR count). The van der Waals surface area contributed by atoms with E-state index in [1.54, 1.807) is 26.5 Å². The molecule has 0 saturated heterocycles. The lowest BCUT2D eigenvalue weighted by Gasteiger charge is -2.28. The molecule has 7 nitrogen and oxygen atoms in total. The summed E-state index contributed by atoms with van der Waals surface area (Å²) < 4.78 is 0. The minimum Gasteiger partial charge on any atom is -0.481 e. The van der Waals surface area contributed by atoms with Gasteiger partial charge in [0.25, 0.3) is 5.91 Å². The Morgan fingerprint density at radius 1 is 1.03 bits per heavy atom. The number of pyridine rings is 1. The zero-order chi connectivity index (χ0) is 22.7. The molecule has 1 aromatic carbocycles. The monoisotopic (exact) mass is 432 g/mol. The molecule has 0 unspecified atom stereocenters. The van der Waals surface area contributed by atoms with E-state index in [9.17, 15) is 9.59 Å². The second kappa shape index (κ2) is 9.34. The second-order valence-electron chi connectivity index (χ2n) is 8.70. The van der Waals surface area contributed by atoms with Crippen LogP contribution in [0.15, 0.2) is 48.8 Å². The van der Waals surface area contributed by atoms with Crippen molar-refractivity contribution in [1.29, 1.82) is 0 Å². The largest absolute Gasteiger partial charge is 0.481 e. The van der Waals surface area contributed by atoms with Crippen molar-refractivity contribution < 1.29 is 14.7 Å². The Labute approximate surface area is 187 Å². The summed E-state index contributed by atoms with van der Waals surface area (Å²) >= 11 is 0. The molecule has 7 heteroatoms. The predicted molar refractivity (Wildman–Crippen MR) is 122 cm³/mol. The molecule has 1 amide bonds. The Hall–Kier alpha value is -3.48. The summed E-state index contributed by atoms with van der Waals surface area (Å²) in [7, 11) is 3.39. The topological polar surface area (TPSA) is 99.2 Å². The lowest BCUT2D eigenvalue weighted by Crippen LogP contribution is -2.21. The molecule has 0 atom stereocenters. The summed E-state index contributed by atoms with van der Waals surface area (Å²) in [6.07, 6.45) is 7.72. The number of aromatic nitrogens is 3. The van der Waals surface area contributed by atoms with Gasteiger partial charge in [-0.3, -0.25) is 14.6 Å². The van der Waals surface area contributed by atoms with Gasteiger partial charge in [-0.2, -0.15) is 0 Å². The summed E-state index contributed by atoms with van der Waals surface area (Å²) in [5, 5.41) is 8.99. The van der Waals surface area contributed by atoms with Crippen LogP contribution < -0.4 is 0 Å². The van der Waals surface area contributed by atoms with E-state index in [4.69, 9.17) is 5.11 Å². The highest BCUT2D eigenvalue weighted by atomic mass is 16.4. The number of nitrogens with zero attached hydrogens (tertiary/aromatic N) is 3. The highest BCUT2D eigenvalue weighted by molar-refractivity contribution is 5.92. The Morgan fingerprint density at radius 3 is 2.31 bits per heavy atom. The van der Waals surface area contributed by atoms with Crippen LogP contribution in [0.5, 0.6) is 0 Å². The fourth-order valence-electron chi connectivity index (χ4n) is 4.39. The molecule has 2 aromatic heterocycles. The molecule has 1 fully saturated rings. The number of aliphatic carboxylic acids is 1. The fourth-order valence-corrected chi connectivity index (χ4v) is 4.39. The maximum atomic E-state index is 12.0. The number of hydrogen-bond acceptors (Lipinski definition) is 4. The van der Waals surface area contributed by atoms with E-state index in [-0.39, 0.29) is 5.91 Å². The van der Waals surface area contributed by atoms with Gasteiger partial charge in [0.1, 0.15) is 11.5 Å². The van der Waals surface area contributed by atoms with E-state index in [2.05, 4.69) is 39.2 Å². The molecule has 32 heavy (non-hydrogen) atoms. The molecule has 166 valence electrons. The number of H-pyrrole nitrogens is 1. The number of carboxylic acid groups (broad SMARTS) is 1. The van der Waals surface area contributed by atoms with E-state index in [0.29, 0.717) is 29.8 Å². The van der Waals surface area contributed by atoms with Crippen LogP contribution in [0.1, 0.15) is 54.1 Å². The molecule has 0 radical (unpaired) electrons. The molecule has 2 N–H and O–H groups in total. The van der Waals surface area contributed by atoms with Gasteiger partial charge in [-0.15, -0.1) is 0 Å². The van der Waals surface area contributed by atoms with Gasteiger partial charge < -0.3 is 15.0 Å². The van der Waals surface area contributed by atoms with E-state index in [1.807, 2.05) is 12.1 Å². The molecule has 0 aliphatic heterocycles. The van der Waals surface area contributed by atoms with Gasteiger partial charge in [-0.25, -0.2) is 4.98 Å². The molecule has 1 saturated carbocycles. The van der Waals surface area contributed by atoms with Crippen molar-refractivity contribution in [2.75, 3.05) is 14.1 Å². The van der Waals surface area contributed by atoms with Crippen LogP contribution in [0.2, 0.25) is 0 Å². The van der Waals surface area contributed by atoms with Crippen molar-refractivity contribution >= 4 is 11.9 Å². The van der Waals surface area contributed by atoms with Crippen molar-refractivity contribution in [3.05, 3.63) is 60.0 Å². The third-order valence-electron chi connectivity index (χ3n) is 6.23. The normalized spacial score (nSPS) is 18.3. The number of benzene rings is 1. The van der Waals surface area contributed by atoms with E-state index >= 15 is 0 Å². The van der Waals surface area contributed by atoms with Crippen LogP contribution in [0.4, 0.5) is 0 Å². The lowest BCUT2D eigenvalue weighted by molar-refractivity contribution is -0.138. The zero-order valence-corrected chi connectivity index (χ0v) is 18.4. The number of carbonyl (C=O) groups excluding carboxylic acids is 1. The number of nitrogens with one attached hydrogen (secondary N) is 1. The molecule has 2 heterocycles. The summed E-state index contributed by atoms with van der Waals surface area (Å²) in [4.78, 5) is 36.4. The average molecular weight is 433 g/mol. The maximum Gasteiger partial charge on any atom is 0.303 e. The number of aromatic amines is 1. The molecule has 0 bridgehead atoms. The van der Waals surface area contributed by atoms with Crippen molar-refractivity contribution in [2.24, 2.45) is 5.92 Å². The molecule has 1 aliphatic rings. The SMILES string of the molecule is CN(C)C(=O)c1c[nH]c(-c2ccc(-c3ccc([C@H]4CC[C@H](CC(=O)O)CC4)cc3)nc2)n1. The minimum atomic E-state index is -0.689. The van der Waals surface area contributed by atoms with Crippen molar-refractivity contribution in [1.82, 2.24) is 19.9 Å². The van der Waals surface area contributed by atoms with Crippen molar-refractivity contribution in [2.45, 2.75) is 38.0 Å². The quantitative estimate of drug-likeness (QED) is 0.594. The van der Waals surface area contributed by atoms with Gasteiger partial charge in [-0.05, 0) is 55.2 Å². The van der Waals surface area contributed by atoms with Crippen LogP contribution >= 0.6 is 0 Å². The smallest absolute Gasteiger partial charge is 0.303 e. The fraction of sp³-hybridized carbons (Fsp3) is 0.360. The van der Waals surface area contributed by atoms with Crippen LogP contribution in [0, 0.1) is 5.92 Å². The van der Waals surface area contributed by atoms with Crippen molar-refractivity contribution in [3.8, 4) is 22.6 Å². The second-order valence-corrected chi connectivity index (χ2v) is 8.70. The highest BCUT2D eigenvalue weighted by Gasteiger charge is 2.24. The molecule has 1 aliphatic carbocycles. The predicted octanol–water partition coefficient (Wildman–Crippen LogP) is 4.59. The van der Waals surface area contributed by atoms with Gasteiger partial charge >= 0.3 is 5.97 Å². The van der Waals surface area contributed by atoms with Crippen LogP contribution in [0.25, 0.3) is 22.6 Å². The minimum absolute atomic E-state index is 0.146. The van der Waals surface area contributed by atoms with Gasteiger partial charge in [0.2, 0.25) is 0 Å². The molecular weight excluding hydrogens is 404 g/mol. The Balaban J connectivity index is 1.41. The van der Waals surface area contributed by atoms with Crippen LogP contribution in [-0.2, 0) is 4.79 Å². The van der Waals surface area contributed by atoms with Gasteiger partial charge in [0.15, 0.2) is 0 Å². The number of rotatable bonds is 6. The van der Waals surface area contributed by atoms with Crippen LogP contribution in [0.3, 0.4) is 0 Å². The number of carboxylic acids is 1. The highest BCUT2D eigenvalue weighted by Crippen LogP contribution is 2.37. The standard InChI is InChI=1S/C25H28N4O3/c1-29(2)25(32)22-15-27-24(28-22)20-11-12-21(26-14-20)19-9-7-18(8-10-19)17-5-3-16(4-6-17)13-23(30)31/h7-12,14-17H,3-6,13H2,1-2H3,(H,27,28)(H,30,31)/t16-,17-. The number of imidazole rings is 1. The summed E-state index contributed by atoms with van der Waals surface area (Å²) in [6, 6.07) is 12.4. The Morgan fingerprint density at radius 2 is 1.72 bits per heavy atom. The lowest BCUT2D eigenvalue weighted by atomic mass is 9.77. The summed E-state index contributed by atoms with van der Waals surface area (Å²) in [6.45, 7) is 0. The zero-order valence-electron chi connectivity index (χ0n) is 18.4. The molecular formula is C25H28N4O3. The first-order valence-electron chi connectivity index (χ1n) is 11.0. The Kier molecular flexibility index (Phi) is 6.35. The van der Waals surface area contributed by atoms with E-state index < -0.39 is 5.97 Å². The number of amides is 1. The molecule has 0 spiro atoms. The summed E-state index contributed by atoms with van der Waals surface area (Å²) in [5.41, 5.74) is 4.43. The van der Waals surface area contributed by atoms with E-state index in [1.165, 1.54) is 10.5 Å². The first-order valence-corrected chi connectivity index (χ1v) is 11.0. The number of carbonyl (C=O) groups is 2.